The van der Waals surface area contributed by atoms with E-state index in [1.165, 1.54) is 38.5 Å². The van der Waals surface area contributed by atoms with E-state index in [2.05, 4.69) is 25.6 Å². The van der Waals surface area contributed by atoms with Crippen LogP contribution in [0.3, 0.4) is 0 Å². The van der Waals surface area contributed by atoms with Gasteiger partial charge in [0.05, 0.1) is 25.4 Å². The Labute approximate surface area is 132 Å². The Morgan fingerprint density at radius 2 is 1.62 bits per heavy atom. The van der Waals surface area contributed by atoms with Crippen LogP contribution in [-0.2, 0) is 14.2 Å². The lowest BCUT2D eigenvalue weighted by Crippen LogP contribution is -2.34. The zero-order valence-corrected chi connectivity index (χ0v) is 14.1. The van der Waals surface area contributed by atoms with E-state index in [0.29, 0.717) is 18.1 Å². The van der Waals surface area contributed by atoms with Crippen molar-refractivity contribution in [1.82, 2.24) is 0 Å². The number of fused-ring (bicyclic) bond motifs is 2. The largest absolute Gasteiger partial charge is 0.370 e. The van der Waals surface area contributed by atoms with Crippen molar-refractivity contribution in [2.75, 3.05) is 13.2 Å². The second kappa shape index (κ2) is 5.70. The van der Waals surface area contributed by atoms with Crippen molar-refractivity contribution < 1.29 is 14.2 Å². The third-order valence-electron chi connectivity index (χ3n) is 5.56. The first-order chi connectivity index (χ1) is 10.1. The highest BCUT2D eigenvalue weighted by molar-refractivity contribution is 8.07. The van der Waals surface area contributed by atoms with Crippen LogP contribution in [0, 0.1) is 11.8 Å². The first-order valence-corrected chi connectivity index (χ1v) is 9.62. The van der Waals surface area contributed by atoms with Crippen LogP contribution in [0.5, 0.6) is 0 Å². The third-order valence-corrected chi connectivity index (χ3v) is 7.03. The molecule has 6 atom stereocenters. The van der Waals surface area contributed by atoms with Crippen LogP contribution in [0.2, 0.25) is 0 Å². The molecule has 0 aromatic carbocycles. The second-order valence-corrected chi connectivity index (χ2v) is 9.29. The fraction of sp³-hybridized carbons (Fsp3) is 1.00. The van der Waals surface area contributed by atoms with Crippen molar-refractivity contribution in [2.45, 2.75) is 80.9 Å². The van der Waals surface area contributed by atoms with Crippen molar-refractivity contribution in [1.29, 1.82) is 0 Å². The first-order valence-electron chi connectivity index (χ1n) is 8.68. The van der Waals surface area contributed by atoms with E-state index in [1.54, 1.807) is 0 Å². The predicted octanol–water partition coefficient (Wildman–Crippen LogP) is 3.61. The van der Waals surface area contributed by atoms with Gasteiger partial charge in [-0.15, -0.1) is 0 Å². The number of hydrogen-bond acceptors (Lipinski definition) is 4. The van der Waals surface area contributed by atoms with Gasteiger partial charge in [0.15, 0.2) is 5.79 Å². The highest BCUT2D eigenvalue weighted by Crippen LogP contribution is 2.52. The molecule has 0 amide bonds. The lowest BCUT2D eigenvalue weighted by Gasteiger charge is -2.31. The van der Waals surface area contributed by atoms with Gasteiger partial charge in [-0.3, -0.25) is 0 Å². The number of epoxide rings is 1. The molecule has 0 aromatic heterocycles. The van der Waals surface area contributed by atoms with Gasteiger partial charge in [0.25, 0.3) is 0 Å². The Morgan fingerprint density at radius 1 is 0.905 bits per heavy atom. The van der Waals surface area contributed by atoms with Gasteiger partial charge in [-0.1, -0.05) is 0 Å². The molecule has 4 heteroatoms. The first kappa shape index (κ1) is 14.8. The molecule has 0 N–H and O–H groups in total. The summed E-state index contributed by atoms with van der Waals surface area (Å²) < 4.78 is 17.8. The summed E-state index contributed by atoms with van der Waals surface area (Å²) in [6.45, 7) is 5.84. The van der Waals surface area contributed by atoms with E-state index >= 15 is 0 Å². The zero-order chi connectivity index (χ0) is 14.4. The quantitative estimate of drug-likeness (QED) is 0.554. The van der Waals surface area contributed by atoms with Gasteiger partial charge in [-0.2, -0.15) is 11.8 Å². The minimum Gasteiger partial charge on any atom is -0.370 e. The molecular weight excluding hydrogens is 284 g/mol. The second-order valence-electron chi connectivity index (χ2n) is 7.81. The lowest BCUT2D eigenvalue weighted by atomic mass is 9.90. The Kier molecular flexibility index (Phi) is 4.02. The summed E-state index contributed by atoms with van der Waals surface area (Å²) in [5, 5.41) is 1.94. The van der Waals surface area contributed by atoms with Crippen molar-refractivity contribution in [3.63, 3.8) is 0 Å². The minimum absolute atomic E-state index is 0.436. The van der Waals surface area contributed by atoms with Crippen LogP contribution in [0.4, 0.5) is 0 Å². The Balaban J connectivity index is 1.16. The Bertz CT molecular complexity index is 352. The zero-order valence-electron chi connectivity index (χ0n) is 13.3. The standard InChI is InChI=1S/C17H28O3S/c1-17(2,18-9-11-3-5-13-14(7-11)20-13)19-10-12-4-6-15-16(8-12)21-15/h11-16H,3-10H2,1-2H3. The fourth-order valence-corrected chi connectivity index (χ4v) is 5.22. The molecule has 0 spiro atoms. The number of thioether (sulfide) groups is 1. The highest BCUT2D eigenvalue weighted by Gasteiger charge is 2.45. The molecule has 4 aliphatic rings. The molecule has 0 aromatic rings. The van der Waals surface area contributed by atoms with Crippen LogP contribution >= 0.6 is 11.8 Å². The van der Waals surface area contributed by atoms with Crippen LogP contribution in [0.25, 0.3) is 0 Å². The summed E-state index contributed by atoms with van der Waals surface area (Å²) in [4.78, 5) is 0. The maximum Gasteiger partial charge on any atom is 0.162 e. The molecule has 2 aliphatic carbocycles. The summed E-state index contributed by atoms with van der Waals surface area (Å²) in [7, 11) is 0. The van der Waals surface area contributed by atoms with Crippen LogP contribution in [0.1, 0.15) is 52.4 Å². The molecule has 6 unspecified atom stereocenters. The molecule has 2 saturated heterocycles. The monoisotopic (exact) mass is 312 g/mol. The van der Waals surface area contributed by atoms with Crippen molar-refractivity contribution in [2.24, 2.45) is 11.8 Å². The van der Waals surface area contributed by atoms with Crippen molar-refractivity contribution in [3.8, 4) is 0 Å². The van der Waals surface area contributed by atoms with Crippen LogP contribution in [-0.4, -0.2) is 41.7 Å². The van der Waals surface area contributed by atoms with Gasteiger partial charge in [0.1, 0.15) is 0 Å². The molecule has 3 nitrogen and oxygen atoms in total. The lowest BCUT2D eigenvalue weighted by molar-refractivity contribution is -0.226. The third kappa shape index (κ3) is 3.77. The van der Waals surface area contributed by atoms with Gasteiger partial charge >= 0.3 is 0 Å². The molecule has 4 rings (SSSR count). The summed E-state index contributed by atoms with van der Waals surface area (Å²) >= 11 is 2.17. The van der Waals surface area contributed by atoms with E-state index in [0.717, 1.165) is 29.6 Å². The minimum atomic E-state index is -0.436. The van der Waals surface area contributed by atoms with E-state index in [4.69, 9.17) is 14.2 Å². The van der Waals surface area contributed by atoms with E-state index in [9.17, 15) is 0 Å². The molecule has 2 aliphatic heterocycles. The average molecular weight is 312 g/mol. The molecule has 0 bridgehead atoms. The Morgan fingerprint density at radius 3 is 2.33 bits per heavy atom. The summed E-state index contributed by atoms with van der Waals surface area (Å²) in [6, 6.07) is 0. The van der Waals surface area contributed by atoms with E-state index in [1.807, 2.05) is 0 Å². The number of rotatable bonds is 6. The van der Waals surface area contributed by atoms with Crippen LogP contribution < -0.4 is 0 Å². The van der Waals surface area contributed by atoms with E-state index < -0.39 is 5.79 Å². The maximum atomic E-state index is 6.10. The number of hydrogen-bond donors (Lipinski definition) is 0. The Hall–Kier alpha value is 0.230. The van der Waals surface area contributed by atoms with Crippen molar-refractivity contribution in [3.05, 3.63) is 0 Å². The highest BCUT2D eigenvalue weighted by atomic mass is 32.2. The van der Waals surface area contributed by atoms with Gasteiger partial charge < -0.3 is 14.2 Å². The van der Waals surface area contributed by atoms with E-state index in [-0.39, 0.29) is 0 Å². The predicted molar refractivity (Wildman–Crippen MR) is 84.5 cm³/mol. The molecular formula is C17H28O3S. The smallest absolute Gasteiger partial charge is 0.162 e. The van der Waals surface area contributed by atoms with Gasteiger partial charge in [-0.25, -0.2) is 0 Å². The normalized spacial score (nSPS) is 44.9. The van der Waals surface area contributed by atoms with Gasteiger partial charge in [0, 0.05) is 10.5 Å². The molecule has 0 radical (unpaired) electrons. The summed E-state index contributed by atoms with van der Waals surface area (Å²) in [6.07, 6.45) is 8.88. The average Bonchev–Trinajstić information content (AvgIpc) is 3.35. The molecule has 21 heavy (non-hydrogen) atoms. The summed E-state index contributed by atoms with van der Waals surface area (Å²) in [5.74, 6) is 0.976. The molecule has 120 valence electrons. The number of ether oxygens (including phenoxy) is 3. The molecule has 4 fully saturated rings. The molecule has 2 saturated carbocycles. The van der Waals surface area contributed by atoms with Gasteiger partial charge in [0.2, 0.25) is 0 Å². The van der Waals surface area contributed by atoms with Crippen LogP contribution in [0.15, 0.2) is 0 Å². The molecule has 2 heterocycles. The fourth-order valence-electron chi connectivity index (χ4n) is 3.96. The summed E-state index contributed by atoms with van der Waals surface area (Å²) in [5.41, 5.74) is 0. The maximum absolute atomic E-state index is 6.10. The van der Waals surface area contributed by atoms with Gasteiger partial charge in [-0.05, 0) is 64.2 Å². The van der Waals surface area contributed by atoms with Crippen molar-refractivity contribution >= 4 is 11.8 Å². The topological polar surface area (TPSA) is 31.0 Å². The SMILES string of the molecule is CC(C)(OCC1CCC2OC2C1)OCC1CCC2SC2C1.